The number of rotatable bonds is 4. The van der Waals surface area contributed by atoms with E-state index in [4.69, 9.17) is 9.15 Å². The number of carbonyl (C=O) groups excluding carboxylic acids is 1. The predicted octanol–water partition coefficient (Wildman–Crippen LogP) is 4.51. The van der Waals surface area contributed by atoms with Crippen molar-refractivity contribution in [3.8, 4) is 16.9 Å². The highest BCUT2D eigenvalue weighted by Gasteiger charge is 2.24. The monoisotopic (exact) mass is 500 g/mol. The fraction of sp³-hybridized carbons (Fsp3) is 0.333. The van der Waals surface area contributed by atoms with Crippen molar-refractivity contribution in [3.05, 3.63) is 62.4 Å². The first kappa shape index (κ1) is 22.4. The van der Waals surface area contributed by atoms with Crippen LogP contribution in [-0.2, 0) is 11.3 Å². The van der Waals surface area contributed by atoms with Crippen LogP contribution in [0.4, 0.5) is 4.79 Å². The quantitative estimate of drug-likeness (QED) is 0.567. The van der Waals surface area contributed by atoms with Gasteiger partial charge in [-0.3, -0.25) is 9.69 Å². The van der Waals surface area contributed by atoms with Crippen LogP contribution >= 0.6 is 15.9 Å². The molecule has 1 N–H and O–H groups in total. The van der Waals surface area contributed by atoms with E-state index in [0.717, 1.165) is 10.0 Å². The Morgan fingerprint density at radius 2 is 1.81 bits per heavy atom. The summed E-state index contributed by atoms with van der Waals surface area (Å²) in [6.45, 7) is 6.68. The number of phenols is 1. The molecule has 2 heterocycles. The lowest BCUT2D eigenvalue weighted by atomic mass is 10.0. The Morgan fingerprint density at radius 3 is 2.47 bits per heavy atom. The van der Waals surface area contributed by atoms with E-state index in [1.807, 2.05) is 24.3 Å². The van der Waals surface area contributed by atoms with Gasteiger partial charge >= 0.3 is 6.09 Å². The molecule has 0 unspecified atom stereocenters. The van der Waals surface area contributed by atoms with Crippen molar-refractivity contribution in [2.45, 2.75) is 20.4 Å². The highest BCUT2D eigenvalue weighted by atomic mass is 79.9. The average Bonchev–Trinajstić information content (AvgIpc) is 2.78. The third-order valence-corrected chi connectivity index (χ3v) is 6.26. The Bertz CT molecular complexity index is 1200. The number of carbonyl (C=O) groups is 1. The van der Waals surface area contributed by atoms with E-state index in [2.05, 4.69) is 20.8 Å². The lowest BCUT2D eigenvalue weighted by Crippen LogP contribution is -2.48. The van der Waals surface area contributed by atoms with Gasteiger partial charge in [0, 0.05) is 37.2 Å². The average molecular weight is 501 g/mol. The normalized spacial score (nSPS) is 14.7. The van der Waals surface area contributed by atoms with Crippen LogP contribution in [0, 0.1) is 6.92 Å². The van der Waals surface area contributed by atoms with Crippen molar-refractivity contribution in [1.82, 2.24) is 9.80 Å². The van der Waals surface area contributed by atoms with E-state index in [1.165, 1.54) is 0 Å². The fourth-order valence-corrected chi connectivity index (χ4v) is 4.31. The molecule has 0 saturated carbocycles. The minimum Gasteiger partial charge on any atom is -0.507 e. The summed E-state index contributed by atoms with van der Waals surface area (Å²) in [5.74, 6) is 0.591. The molecular formula is C24H25BrN2O5. The Balaban J connectivity index is 1.65. The largest absolute Gasteiger partial charge is 0.507 e. The summed E-state index contributed by atoms with van der Waals surface area (Å²) in [5.41, 5.74) is 2.16. The minimum absolute atomic E-state index is 0.0873. The summed E-state index contributed by atoms with van der Waals surface area (Å²) in [4.78, 5) is 29.1. The van der Waals surface area contributed by atoms with Gasteiger partial charge < -0.3 is 19.2 Å². The number of fused-ring (bicyclic) bond motifs is 1. The summed E-state index contributed by atoms with van der Waals surface area (Å²) >= 11 is 3.42. The highest BCUT2D eigenvalue weighted by molar-refractivity contribution is 9.10. The third kappa shape index (κ3) is 4.38. The van der Waals surface area contributed by atoms with Crippen molar-refractivity contribution in [3.63, 3.8) is 0 Å². The van der Waals surface area contributed by atoms with Gasteiger partial charge in [0.2, 0.25) is 5.43 Å². The summed E-state index contributed by atoms with van der Waals surface area (Å²) in [6.07, 6.45) is -0.303. The summed E-state index contributed by atoms with van der Waals surface area (Å²) in [6, 6.07) is 10.7. The van der Waals surface area contributed by atoms with Crippen LogP contribution in [0.1, 0.15) is 18.2 Å². The van der Waals surface area contributed by atoms with Crippen LogP contribution in [0.15, 0.2) is 50.1 Å². The standard InChI is InChI=1S/C24H25BrN2O5/c1-3-31-24(30)27-12-10-26(11-13-27)14-19-20(28)9-8-18-22(29)21(15(2)32-23(18)19)16-4-6-17(25)7-5-16/h4-9,28H,3,10-14H2,1-2H3. The molecule has 1 aliphatic heterocycles. The molecular weight excluding hydrogens is 476 g/mol. The number of halogens is 1. The molecule has 0 spiro atoms. The number of hydrogen-bond acceptors (Lipinski definition) is 6. The van der Waals surface area contributed by atoms with Crippen LogP contribution in [0.2, 0.25) is 0 Å². The number of aromatic hydroxyl groups is 1. The number of nitrogens with zero attached hydrogens (tertiary/aromatic N) is 2. The highest BCUT2D eigenvalue weighted by Crippen LogP contribution is 2.31. The summed E-state index contributed by atoms with van der Waals surface area (Å²) < 4.78 is 12.1. The molecule has 0 atom stereocenters. The van der Waals surface area contributed by atoms with E-state index < -0.39 is 0 Å². The van der Waals surface area contributed by atoms with Gasteiger partial charge in [0.1, 0.15) is 17.1 Å². The molecule has 1 aromatic heterocycles. The maximum Gasteiger partial charge on any atom is 0.409 e. The lowest BCUT2D eigenvalue weighted by Gasteiger charge is -2.34. The number of ether oxygens (including phenoxy) is 1. The predicted molar refractivity (Wildman–Crippen MR) is 126 cm³/mol. The molecule has 0 radical (unpaired) electrons. The Morgan fingerprint density at radius 1 is 1.12 bits per heavy atom. The second-order valence-corrected chi connectivity index (χ2v) is 8.69. The molecule has 32 heavy (non-hydrogen) atoms. The van der Waals surface area contributed by atoms with Crippen molar-refractivity contribution in [2.24, 2.45) is 0 Å². The maximum absolute atomic E-state index is 13.3. The molecule has 1 saturated heterocycles. The van der Waals surface area contributed by atoms with Crippen LogP contribution in [0.3, 0.4) is 0 Å². The smallest absolute Gasteiger partial charge is 0.409 e. The third-order valence-electron chi connectivity index (χ3n) is 5.73. The van der Waals surface area contributed by atoms with Gasteiger partial charge in [-0.2, -0.15) is 0 Å². The number of hydrogen-bond donors (Lipinski definition) is 1. The van der Waals surface area contributed by atoms with Gasteiger partial charge in [0.25, 0.3) is 0 Å². The second-order valence-electron chi connectivity index (χ2n) is 7.77. The topological polar surface area (TPSA) is 83.2 Å². The Kier molecular flexibility index (Phi) is 6.53. The van der Waals surface area contributed by atoms with Gasteiger partial charge in [0.05, 0.1) is 23.1 Å². The number of amides is 1. The molecule has 168 valence electrons. The summed E-state index contributed by atoms with van der Waals surface area (Å²) in [7, 11) is 0. The van der Waals surface area contributed by atoms with Gasteiger partial charge in [-0.15, -0.1) is 0 Å². The molecule has 1 amide bonds. The first-order valence-electron chi connectivity index (χ1n) is 10.6. The van der Waals surface area contributed by atoms with Crippen LogP contribution in [0.5, 0.6) is 5.75 Å². The molecule has 1 fully saturated rings. The van der Waals surface area contributed by atoms with Crippen molar-refractivity contribution < 1.29 is 19.1 Å². The van der Waals surface area contributed by atoms with E-state index in [-0.39, 0.29) is 17.3 Å². The molecule has 7 nitrogen and oxygen atoms in total. The maximum atomic E-state index is 13.3. The van der Waals surface area contributed by atoms with Crippen molar-refractivity contribution in [1.29, 1.82) is 0 Å². The second kappa shape index (κ2) is 9.34. The van der Waals surface area contributed by atoms with Gasteiger partial charge in [-0.1, -0.05) is 28.1 Å². The first-order chi connectivity index (χ1) is 15.4. The van der Waals surface area contributed by atoms with Crippen LogP contribution in [-0.4, -0.2) is 53.8 Å². The van der Waals surface area contributed by atoms with Crippen molar-refractivity contribution in [2.75, 3.05) is 32.8 Å². The van der Waals surface area contributed by atoms with Crippen LogP contribution in [0.25, 0.3) is 22.1 Å². The molecule has 1 aliphatic rings. The molecule has 0 aliphatic carbocycles. The number of benzene rings is 2. The van der Waals surface area contributed by atoms with Gasteiger partial charge in [-0.05, 0) is 43.7 Å². The Hall–Kier alpha value is -2.84. The van der Waals surface area contributed by atoms with E-state index in [1.54, 1.807) is 30.9 Å². The van der Waals surface area contributed by atoms with Gasteiger partial charge in [-0.25, -0.2) is 4.79 Å². The first-order valence-corrected chi connectivity index (χ1v) is 11.4. The number of aryl methyl sites for hydroxylation is 1. The van der Waals surface area contributed by atoms with E-state index in [9.17, 15) is 14.7 Å². The van der Waals surface area contributed by atoms with Crippen LogP contribution < -0.4 is 5.43 Å². The van der Waals surface area contributed by atoms with E-state index >= 15 is 0 Å². The van der Waals surface area contributed by atoms with Crippen molar-refractivity contribution >= 4 is 33.0 Å². The number of piperazine rings is 1. The minimum atomic E-state index is -0.303. The lowest BCUT2D eigenvalue weighted by molar-refractivity contribution is 0.0776. The zero-order valence-corrected chi connectivity index (χ0v) is 19.6. The summed E-state index contributed by atoms with van der Waals surface area (Å²) in [5, 5.41) is 11.0. The number of phenolic OH excluding ortho intramolecular Hbond substituents is 1. The molecule has 8 heteroatoms. The molecule has 3 aromatic rings. The Labute approximate surface area is 194 Å². The molecule has 4 rings (SSSR count). The zero-order valence-electron chi connectivity index (χ0n) is 18.1. The molecule has 2 aromatic carbocycles. The SMILES string of the molecule is CCOC(=O)N1CCN(Cc2c(O)ccc3c(=O)c(-c4ccc(Br)cc4)c(C)oc23)CC1. The fourth-order valence-electron chi connectivity index (χ4n) is 4.04. The van der Waals surface area contributed by atoms with E-state index in [0.29, 0.717) is 67.2 Å². The molecule has 0 bridgehead atoms. The van der Waals surface area contributed by atoms with Gasteiger partial charge in [0.15, 0.2) is 0 Å². The zero-order chi connectivity index (χ0) is 22.8.